The van der Waals surface area contributed by atoms with Crippen molar-refractivity contribution in [2.24, 2.45) is 11.8 Å². The second-order valence-corrected chi connectivity index (χ2v) is 6.66. The molecule has 1 heterocycles. The predicted octanol–water partition coefficient (Wildman–Crippen LogP) is 4.04. The van der Waals surface area contributed by atoms with E-state index in [9.17, 15) is 0 Å². The fourth-order valence-corrected chi connectivity index (χ4v) is 3.15. The summed E-state index contributed by atoms with van der Waals surface area (Å²) in [6, 6.07) is 6.67. The zero-order chi connectivity index (χ0) is 13.8. The number of anilines is 1. The van der Waals surface area contributed by atoms with Crippen molar-refractivity contribution in [2.75, 3.05) is 24.5 Å². The van der Waals surface area contributed by atoms with E-state index in [1.165, 1.54) is 35.2 Å². The molecule has 0 bridgehead atoms. The van der Waals surface area contributed by atoms with Crippen LogP contribution in [0.3, 0.4) is 0 Å². The highest BCUT2D eigenvalue weighted by atomic mass is 79.9. The van der Waals surface area contributed by atoms with Crippen molar-refractivity contribution >= 4 is 21.6 Å². The van der Waals surface area contributed by atoms with Gasteiger partial charge in [0.15, 0.2) is 0 Å². The van der Waals surface area contributed by atoms with E-state index in [1.54, 1.807) is 0 Å². The summed E-state index contributed by atoms with van der Waals surface area (Å²) in [5.74, 6) is 1.63. The largest absolute Gasteiger partial charge is 0.371 e. The lowest BCUT2D eigenvalue weighted by Gasteiger charge is -2.38. The molecular formula is C16H25BrN2. The first kappa shape index (κ1) is 14.9. The van der Waals surface area contributed by atoms with Crippen molar-refractivity contribution in [1.29, 1.82) is 0 Å². The van der Waals surface area contributed by atoms with Gasteiger partial charge in [-0.3, -0.25) is 0 Å². The van der Waals surface area contributed by atoms with E-state index < -0.39 is 0 Å². The summed E-state index contributed by atoms with van der Waals surface area (Å²) in [5.41, 5.74) is 2.81. The molecule has 1 aliphatic rings. The Balaban J connectivity index is 2.18. The van der Waals surface area contributed by atoms with E-state index in [1.807, 2.05) is 0 Å². The molecule has 0 aliphatic carbocycles. The van der Waals surface area contributed by atoms with E-state index in [0.717, 1.165) is 24.9 Å². The highest BCUT2D eigenvalue weighted by Gasteiger charge is 2.24. The molecule has 0 radical (unpaired) electrons. The number of rotatable bonds is 4. The maximum Gasteiger partial charge on any atom is 0.0412 e. The molecule has 2 unspecified atom stereocenters. The van der Waals surface area contributed by atoms with Gasteiger partial charge in [0.1, 0.15) is 0 Å². The first-order valence-corrected chi connectivity index (χ1v) is 8.15. The molecular weight excluding hydrogens is 300 g/mol. The minimum absolute atomic E-state index is 0.782. The van der Waals surface area contributed by atoms with Crippen LogP contribution in [0.25, 0.3) is 0 Å². The number of hydrogen-bond donors (Lipinski definition) is 1. The van der Waals surface area contributed by atoms with Gasteiger partial charge in [-0.25, -0.2) is 0 Å². The molecule has 1 N–H and O–H groups in total. The molecule has 0 amide bonds. The van der Waals surface area contributed by atoms with E-state index in [2.05, 4.69) is 65.1 Å². The Kier molecular flexibility index (Phi) is 5.28. The highest BCUT2D eigenvalue weighted by molar-refractivity contribution is 9.10. The lowest BCUT2D eigenvalue weighted by molar-refractivity contribution is 0.323. The predicted molar refractivity (Wildman–Crippen MR) is 86.7 cm³/mol. The Bertz CT molecular complexity index is 419. The van der Waals surface area contributed by atoms with Gasteiger partial charge in [0, 0.05) is 29.8 Å². The van der Waals surface area contributed by atoms with Crippen LogP contribution >= 0.6 is 15.9 Å². The molecule has 0 saturated carbocycles. The van der Waals surface area contributed by atoms with Gasteiger partial charge in [0.25, 0.3) is 0 Å². The number of nitrogens with zero attached hydrogens (tertiary/aromatic N) is 1. The van der Waals surface area contributed by atoms with E-state index in [4.69, 9.17) is 0 Å². The number of benzene rings is 1. The van der Waals surface area contributed by atoms with Crippen LogP contribution in [0.2, 0.25) is 0 Å². The minimum Gasteiger partial charge on any atom is -0.371 e. The fraction of sp³-hybridized carbons (Fsp3) is 0.625. The van der Waals surface area contributed by atoms with Crippen LogP contribution in [-0.4, -0.2) is 19.6 Å². The van der Waals surface area contributed by atoms with Gasteiger partial charge in [-0.15, -0.1) is 0 Å². The molecule has 0 aromatic heterocycles. The molecule has 3 heteroatoms. The Morgan fingerprint density at radius 2 is 2.11 bits per heavy atom. The zero-order valence-corrected chi connectivity index (χ0v) is 13.8. The maximum atomic E-state index is 3.59. The summed E-state index contributed by atoms with van der Waals surface area (Å²) in [7, 11) is 0. The Labute approximate surface area is 125 Å². The van der Waals surface area contributed by atoms with Crippen LogP contribution < -0.4 is 10.2 Å². The minimum atomic E-state index is 0.782. The van der Waals surface area contributed by atoms with Crippen molar-refractivity contribution in [3.05, 3.63) is 28.2 Å². The maximum absolute atomic E-state index is 3.59. The molecule has 2 nitrogen and oxygen atoms in total. The van der Waals surface area contributed by atoms with Gasteiger partial charge < -0.3 is 10.2 Å². The van der Waals surface area contributed by atoms with Crippen LogP contribution in [0.1, 0.15) is 32.8 Å². The second kappa shape index (κ2) is 6.76. The third kappa shape index (κ3) is 3.73. The van der Waals surface area contributed by atoms with Crippen LogP contribution in [-0.2, 0) is 6.54 Å². The summed E-state index contributed by atoms with van der Waals surface area (Å²) in [5, 5.41) is 3.44. The van der Waals surface area contributed by atoms with Crippen LogP contribution in [0.5, 0.6) is 0 Å². The molecule has 1 aliphatic heterocycles. The summed E-state index contributed by atoms with van der Waals surface area (Å²) in [6.07, 6.45) is 1.30. The fourth-order valence-electron chi connectivity index (χ4n) is 2.75. The molecule has 106 valence electrons. The summed E-state index contributed by atoms with van der Waals surface area (Å²) in [6.45, 7) is 11.2. The van der Waals surface area contributed by atoms with E-state index in [0.29, 0.717) is 0 Å². The topological polar surface area (TPSA) is 15.3 Å². The number of nitrogens with one attached hydrogen (secondary N) is 1. The zero-order valence-electron chi connectivity index (χ0n) is 12.2. The first-order chi connectivity index (χ1) is 9.11. The third-order valence-electron chi connectivity index (χ3n) is 4.28. The second-order valence-electron chi connectivity index (χ2n) is 5.74. The quantitative estimate of drug-likeness (QED) is 0.899. The summed E-state index contributed by atoms with van der Waals surface area (Å²) in [4.78, 5) is 2.56. The van der Waals surface area contributed by atoms with E-state index in [-0.39, 0.29) is 0 Å². The lowest BCUT2D eigenvalue weighted by atomic mass is 9.88. The average molecular weight is 325 g/mol. The monoisotopic (exact) mass is 324 g/mol. The summed E-state index contributed by atoms with van der Waals surface area (Å²) >= 11 is 3.59. The summed E-state index contributed by atoms with van der Waals surface area (Å²) < 4.78 is 1.17. The van der Waals surface area contributed by atoms with Crippen molar-refractivity contribution in [3.8, 4) is 0 Å². The highest BCUT2D eigenvalue weighted by Crippen LogP contribution is 2.30. The normalized spacial score (nSPS) is 23.7. The SMILES string of the molecule is CCNCc1cc(Br)ccc1N1CCC(C)C(C)C1. The molecule has 1 aromatic rings. The molecule has 19 heavy (non-hydrogen) atoms. The molecule has 1 saturated heterocycles. The molecule has 2 rings (SSSR count). The van der Waals surface area contributed by atoms with Gasteiger partial charge in [0.05, 0.1) is 0 Å². The third-order valence-corrected chi connectivity index (χ3v) is 4.78. The van der Waals surface area contributed by atoms with E-state index >= 15 is 0 Å². The Morgan fingerprint density at radius 1 is 1.32 bits per heavy atom. The standard InChI is InChI=1S/C16H25BrN2/c1-4-18-10-14-9-15(17)5-6-16(14)19-8-7-12(2)13(3)11-19/h5-6,9,12-13,18H,4,7-8,10-11H2,1-3H3. The molecule has 2 atom stereocenters. The number of hydrogen-bond acceptors (Lipinski definition) is 2. The van der Waals surface area contributed by atoms with Crippen molar-refractivity contribution in [2.45, 2.75) is 33.7 Å². The number of halogens is 1. The first-order valence-electron chi connectivity index (χ1n) is 7.36. The van der Waals surface area contributed by atoms with Gasteiger partial charge in [-0.1, -0.05) is 36.7 Å². The molecule has 1 aromatic carbocycles. The van der Waals surface area contributed by atoms with Gasteiger partial charge >= 0.3 is 0 Å². The molecule has 0 spiro atoms. The number of piperidine rings is 1. The average Bonchev–Trinajstić information content (AvgIpc) is 2.40. The Morgan fingerprint density at radius 3 is 2.79 bits per heavy atom. The van der Waals surface area contributed by atoms with Crippen molar-refractivity contribution in [3.63, 3.8) is 0 Å². The van der Waals surface area contributed by atoms with Crippen LogP contribution in [0, 0.1) is 11.8 Å². The lowest BCUT2D eigenvalue weighted by Crippen LogP contribution is -2.39. The van der Waals surface area contributed by atoms with Crippen molar-refractivity contribution in [1.82, 2.24) is 5.32 Å². The smallest absolute Gasteiger partial charge is 0.0412 e. The van der Waals surface area contributed by atoms with Gasteiger partial charge in [-0.05, 0) is 48.6 Å². The van der Waals surface area contributed by atoms with Crippen LogP contribution in [0.4, 0.5) is 5.69 Å². The van der Waals surface area contributed by atoms with Gasteiger partial charge in [0.2, 0.25) is 0 Å². The Hall–Kier alpha value is -0.540. The van der Waals surface area contributed by atoms with Crippen molar-refractivity contribution < 1.29 is 0 Å². The van der Waals surface area contributed by atoms with Crippen LogP contribution in [0.15, 0.2) is 22.7 Å². The molecule has 1 fully saturated rings. The van der Waals surface area contributed by atoms with Gasteiger partial charge in [-0.2, -0.15) is 0 Å².